The first-order valence-corrected chi connectivity index (χ1v) is 7.48. The predicted octanol–water partition coefficient (Wildman–Crippen LogP) is 0.724. The second kappa shape index (κ2) is 5.45. The van der Waals surface area contributed by atoms with E-state index in [-0.39, 0.29) is 30.2 Å². The van der Waals surface area contributed by atoms with Crippen LogP contribution in [-0.2, 0) is 9.59 Å². The van der Waals surface area contributed by atoms with Crippen LogP contribution in [0.4, 0.5) is 0 Å². The van der Waals surface area contributed by atoms with Crippen LogP contribution in [0.25, 0.3) is 0 Å². The standard InChI is InChI=1S/C15H25NO4/c1-9(2)12(17)10-5-4-6-11(7-10)16-8-15(3,20)13(18)14(16)19/h9-11,13,18,20H,4-8H2,1-3H3/t10?,11?,13-,15+/m0/s1. The van der Waals surface area contributed by atoms with Crippen LogP contribution in [0, 0.1) is 11.8 Å². The Balaban J connectivity index is 2.07. The molecule has 1 aliphatic carbocycles. The second-order valence-electron chi connectivity index (χ2n) is 6.80. The van der Waals surface area contributed by atoms with E-state index in [2.05, 4.69) is 0 Å². The number of hydrogen-bond donors (Lipinski definition) is 2. The molecule has 2 unspecified atom stereocenters. The van der Waals surface area contributed by atoms with Crippen molar-refractivity contribution in [1.29, 1.82) is 0 Å². The number of Topliss-reactive ketones (excluding diaryl/α,β-unsaturated/α-hetero) is 1. The summed E-state index contributed by atoms with van der Waals surface area (Å²) in [5.41, 5.74) is -1.38. The molecule has 0 spiro atoms. The van der Waals surface area contributed by atoms with Crippen LogP contribution in [0.3, 0.4) is 0 Å². The van der Waals surface area contributed by atoms with Gasteiger partial charge in [0, 0.05) is 17.9 Å². The van der Waals surface area contributed by atoms with Gasteiger partial charge < -0.3 is 15.1 Å². The van der Waals surface area contributed by atoms with Crippen molar-refractivity contribution in [1.82, 2.24) is 4.90 Å². The van der Waals surface area contributed by atoms with Crippen molar-refractivity contribution < 1.29 is 19.8 Å². The van der Waals surface area contributed by atoms with Crippen molar-refractivity contribution in [3.63, 3.8) is 0 Å². The van der Waals surface area contributed by atoms with Crippen LogP contribution in [0.15, 0.2) is 0 Å². The van der Waals surface area contributed by atoms with Crippen LogP contribution in [0.5, 0.6) is 0 Å². The van der Waals surface area contributed by atoms with E-state index >= 15 is 0 Å². The van der Waals surface area contributed by atoms with Gasteiger partial charge in [-0.1, -0.05) is 20.3 Å². The van der Waals surface area contributed by atoms with E-state index in [0.29, 0.717) is 6.42 Å². The Bertz CT molecular complexity index is 405. The van der Waals surface area contributed by atoms with E-state index in [0.717, 1.165) is 19.3 Å². The molecule has 5 heteroatoms. The van der Waals surface area contributed by atoms with Crippen molar-refractivity contribution in [2.75, 3.05) is 6.54 Å². The van der Waals surface area contributed by atoms with E-state index in [9.17, 15) is 19.8 Å². The van der Waals surface area contributed by atoms with Crippen molar-refractivity contribution in [2.45, 2.75) is 64.2 Å². The molecule has 114 valence electrons. The summed E-state index contributed by atoms with van der Waals surface area (Å²) >= 11 is 0. The number of likely N-dealkylation sites (tertiary alicyclic amines) is 1. The summed E-state index contributed by atoms with van der Waals surface area (Å²) < 4.78 is 0. The molecule has 1 amide bonds. The van der Waals surface area contributed by atoms with Gasteiger partial charge in [0.25, 0.3) is 5.91 Å². The fraction of sp³-hybridized carbons (Fsp3) is 0.867. The third-order valence-corrected chi connectivity index (χ3v) is 4.66. The molecular weight excluding hydrogens is 258 g/mol. The van der Waals surface area contributed by atoms with Gasteiger partial charge in [-0.3, -0.25) is 9.59 Å². The molecule has 1 heterocycles. The van der Waals surface area contributed by atoms with Gasteiger partial charge in [-0.05, 0) is 26.2 Å². The van der Waals surface area contributed by atoms with Crippen LogP contribution in [-0.4, -0.2) is 51.1 Å². The molecule has 0 radical (unpaired) electrons. The fourth-order valence-corrected chi connectivity index (χ4v) is 3.42. The number of aliphatic hydroxyl groups is 2. The van der Waals surface area contributed by atoms with E-state index in [1.165, 1.54) is 6.92 Å². The fourth-order valence-electron chi connectivity index (χ4n) is 3.42. The number of amides is 1. The summed E-state index contributed by atoms with van der Waals surface area (Å²) in [7, 11) is 0. The highest BCUT2D eigenvalue weighted by atomic mass is 16.4. The first-order valence-electron chi connectivity index (χ1n) is 7.48. The van der Waals surface area contributed by atoms with E-state index in [1.807, 2.05) is 13.8 Å². The SMILES string of the molecule is CC(C)C(=O)C1CCCC(N2C[C@@](C)(O)[C@@H](O)C2=O)C1. The minimum atomic E-state index is -1.38. The van der Waals surface area contributed by atoms with Crippen LogP contribution < -0.4 is 0 Å². The van der Waals surface area contributed by atoms with Crippen molar-refractivity contribution in [2.24, 2.45) is 11.8 Å². The molecule has 0 bridgehead atoms. The van der Waals surface area contributed by atoms with Gasteiger partial charge in [0.2, 0.25) is 0 Å². The molecular formula is C15H25NO4. The first-order chi connectivity index (χ1) is 9.24. The van der Waals surface area contributed by atoms with E-state index < -0.39 is 17.6 Å². The zero-order chi connectivity index (χ0) is 15.1. The largest absolute Gasteiger partial charge is 0.385 e. The number of aliphatic hydroxyl groups excluding tert-OH is 1. The molecule has 2 fully saturated rings. The van der Waals surface area contributed by atoms with Gasteiger partial charge >= 0.3 is 0 Å². The Morgan fingerprint density at radius 3 is 2.55 bits per heavy atom. The van der Waals surface area contributed by atoms with Gasteiger partial charge in [-0.15, -0.1) is 0 Å². The van der Waals surface area contributed by atoms with Gasteiger partial charge in [-0.25, -0.2) is 0 Å². The van der Waals surface area contributed by atoms with Crippen molar-refractivity contribution >= 4 is 11.7 Å². The average Bonchev–Trinajstić information content (AvgIpc) is 2.61. The summed E-state index contributed by atoms with van der Waals surface area (Å²) in [6, 6.07) is -0.0347. The summed E-state index contributed by atoms with van der Waals surface area (Å²) in [4.78, 5) is 25.8. The Morgan fingerprint density at radius 2 is 2.05 bits per heavy atom. The smallest absolute Gasteiger partial charge is 0.254 e. The minimum absolute atomic E-state index is 0.00393. The molecule has 20 heavy (non-hydrogen) atoms. The van der Waals surface area contributed by atoms with E-state index in [1.54, 1.807) is 4.90 Å². The molecule has 1 saturated heterocycles. The van der Waals surface area contributed by atoms with Crippen molar-refractivity contribution in [3.05, 3.63) is 0 Å². The highest BCUT2D eigenvalue weighted by Crippen LogP contribution is 2.34. The number of β-amino-alcohol motifs (C(OH)–C–C–N with tert-alkyl or cyclic N) is 1. The zero-order valence-corrected chi connectivity index (χ0v) is 12.5. The zero-order valence-electron chi connectivity index (χ0n) is 12.5. The quantitative estimate of drug-likeness (QED) is 0.800. The van der Waals surface area contributed by atoms with Crippen LogP contribution in [0.1, 0.15) is 46.5 Å². The molecule has 1 aliphatic heterocycles. The molecule has 2 aliphatic rings. The number of hydrogen-bond acceptors (Lipinski definition) is 4. The molecule has 0 aromatic heterocycles. The lowest BCUT2D eigenvalue weighted by Gasteiger charge is -2.35. The Morgan fingerprint density at radius 1 is 1.40 bits per heavy atom. The molecule has 0 aromatic rings. The third kappa shape index (κ3) is 2.74. The minimum Gasteiger partial charge on any atom is -0.385 e. The molecule has 1 saturated carbocycles. The molecule has 0 aromatic carbocycles. The molecule has 2 N–H and O–H groups in total. The lowest BCUT2D eigenvalue weighted by molar-refractivity contribution is -0.140. The highest BCUT2D eigenvalue weighted by Gasteiger charge is 2.50. The third-order valence-electron chi connectivity index (χ3n) is 4.66. The van der Waals surface area contributed by atoms with Crippen LogP contribution in [0.2, 0.25) is 0 Å². The second-order valence-corrected chi connectivity index (χ2v) is 6.80. The number of carbonyl (C=O) groups is 2. The Labute approximate surface area is 120 Å². The highest BCUT2D eigenvalue weighted by molar-refractivity contribution is 5.85. The lowest BCUT2D eigenvalue weighted by Crippen LogP contribution is -2.43. The molecule has 4 atom stereocenters. The first kappa shape index (κ1) is 15.4. The maximum absolute atomic E-state index is 12.1. The summed E-state index contributed by atoms with van der Waals surface area (Å²) in [5.74, 6) is -0.128. The summed E-state index contributed by atoms with van der Waals surface area (Å²) in [6.45, 7) is 5.44. The number of rotatable bonds is 3. The van der Waals surface area contributed by atoms with Crippen LogP contribution >= 0.6 is 0 Å². The maximum Gasteiger partial charge on any atom is 0.254 e. The summed E-state index contributed by atoms with van der Waals surface area (Å²) in [6.07, 6.45) is 1.95. The Kier molecular flexibility index (Phi) is 4.21. The number of nitrogens with zero attached hydrogens (tertiary/aromatic N) is 1. The average molecular weight is 283 g/mol. The van der Waals surface area contributed by atoms with E-state index in [4.69, 9.17) is 0 Å². The van der Waals surface area contributed by atoms with Gasteiger partial charge in [0.15, 0.2) is 6.10 Å². The lowest BCUT2D eigenvalue weighted by atomic mass is 9.79. The Hall–Kier alpha value is -0.940. The van der Waals surface area contributed by atoms with Crippen molar-refractivity contribution in [3.8, 4) is 0 Å². The maximum atomic E-state index is 12.1. The molecule has 5 nitrogen and oxygen atoms in total. The topological polar surface area (TPSA) is 77.8 Å². The number of carbonyl (C=O) groups excluding carboxylic acids is 2. The summed E-state index contributed by atoms with van der Waals surface area (Å²) in [5, 5.41) is 19.8. The number of ketones is 1. The molecule has 2 rings (SSSR count). The van der Waals surface area contributed by atoms with Gasteiger partial charge in [0.05, 0.1) is 6.54 Å². The monoisotopic (exact) mass is 283 g/mol. The van der Waals surface area contributed by atoms with Gasteiger partial charge in [-0.2, -0.15) is 0 Å². The predicted molar refractivity (Wildman–Crippen MR) is 73.9 cm³/mol. The normalized spacial score (nSPS) is 38.6. The van der Waals surface area contributed by atoms with Gasteiger partial charge in [0.1, 0.15) is 11.4 Å².